The zero-order valence-corrected chi connectivity index (χ0v) is 19.5. The molecular formula is C27H26N4OS. The largest absolute Gasteiger partial charge is 0.396 e. The highest BCUT2D eigenvalue weighted by Crippen LogP contribution is 2.35. The molecule has 1 aromatic carbocycles. The van der Waals surface area contributed by atoms with E-state index in [1.54, 1.807) is 17.5 Å². The van der Waals surface area contributed by atoms with Gasteiger partial charge in [-0.3, -0.25) is 4.98 Å². The molecule has 0 aliphatic heterocycles. The molecule has 1 aliphatic carbocycles. The minimum Gasteiger partial charge on any atom is -0.396 e. The Labute approximate surface area is 198 Å². The van der Waals surface area contributed by atoms with Crippen molar-refractivity contribution < 1.29 is 4.84 Å². The second-order valence-electron chi connectivity index (χ2n) is 8.19. The van der Waals surface area contributed by atoms with Crippen LogP contribution < -0.4 is 0 Å². The van der Waals surface area contributed by atoms with Gasteiger partial charge in [-0.25, -0.2) is 9.97 Å². The van der Waals surface area contributed by atoms with Crippen molar-refractivity contribution in [3.8, 4) is 21.1 Å². The second-order valence-corrected chi connectivity index (χ2v) is 9.19. The van der Waals surface area contributed by atoms with Crippen LogP contribution in [0.1, 0.15) is 41.8 Å². The Balaban J connectivity index is 1.32. The molecule has 0 radical (unpaired) electrons. The van der Waals surface area contributed by atoms with Crippen molar-refractivity contribution in [2.45, 2.75) is 39.0 Å². The van der Waals surface area contributed by atoms with Crippen molar-refractivity contribution in [2.24, 2.45) is 5.16 Å². The molecule has 166 valence electrons. The number of benzene rings is 1. The summed E-state index contributed by atoms with van der Waals surface area (Å²) in [5, 5.41) is 5.46. The van der Waals surface area contributed by atoms with Gasteiger partial charge in [0, 0.05) is 18.0 Å². The molecule has 0 bridgehead atoms. The average molecular weight is 455 g/mol. The van der Waals surface area contributed by atoms with E-state index < -0.39 is 0 Å². The molecule has 5 nitrogen and oxygen atoms in total. The molecule has 0 N–H and O–H groups in total. The van der Waals surface area contributed by atoms with E-state index in [2.05, 4.69) is 46.5 Å². The van der Waals surface area contributed by atoms with Gasteiger partial charge in [-0.2, -0.15) is 0 Å². The maximum atomic E-state index is 5.71. The van der Waals surface area contributed by atoms with E-state index in [4.69, 9.17) is 14.8 Å². The van der Waals surface area contributed by atoms with Gasteiger partial charge in [-0.15, -0.1) is 11.3 Å². The van der Waals surface area contributed by atoms with Gasteiger partial charge in [0.15, 0.2) is 0 Å². The fraction of sp³-hybridized carbons (Fsp3) is 0.259. The summed E-state index contributed by atoms with van der Waals surface area (Å²) in [6.07, 6.45) is 8.56. The van der Waals surface area contributed by atoms with E-state index in [0.717, 1.165) is 70.3 Å². The van der Waals surface area contributed by atoms with Gasteiger partial charge < -0.3 is 4.84 Å². The number of hydrogen-bond donors (Lipinski definition) is 0. The molecule has 3 aromatic heterocycles. The number of nitrogens with zero attached hydrogens (tertiary/aromatic N) is 4. The third-order valence-electron chi connectivity index (χ3n) is 5.77. The minimum absolute atomic E-state index is 0.607. The van der Waals surface area contributed by atoms with Crippen LogP contribution in [0.5, 0.6) is 0 Å². The zero-order chi connectivity index (χ0) is 22.5. The summed E-state index contributed by atoms with van der Waals surface area (Å²) >= 11 is 1.66. The van der Waals surface area contributed by atoms with Crippen molar-refractivity contribution in [3.05, 3.63) is 89.5 Å². The Morgan fingerprint density at radius 1 is 1.00 bits per heavy atom. The Kier molecular flexibility index (Phi) is 6.53. The van der Waals surface area contributed by atoms with Crippen molar-refractivity contribution in [3.63, 3.8) is 0 Å². The molecule has 6 heteroatoms. The molecule has 0 amide bonds. The minimum atomic E-state index is 0.607. The van der Waals surface area contributed by atoms with Gasteiger partial charge in [0.1, 0.15) is 17.3 Å². The Morgan fingerprint density at radius 3 is 2.76 bits per heavy atom. The first-order valence-corrected chi connectivity index (χ1v) is 12.2. The summed E-state index contributed by atoms with van der Waals surface area (Å²) in [6.45, 7) is 2.65. The van der Waals surface area contributed by atoms with E-state index in [9.17, 15) is 0 Å². The number of rotatable bonds is 7. The van der Waals surface area contributed by atoms with Crippen molar-refractivity contribution >= 4 is 17.0 Å². The van der Waals surface area contributed by atoms with Crippen LogP contribution in [0.3, 0.4) is 0 Å². The van der Waals surface area contributed by atoms with Gasteiger partial charge >= 0.3 is 0 Å². The van der Waals surface area contributed by atoms with E-state index in [1.165, 1.54) is 11.1 Å². The molecule has 0 spiro atoms. The number of aryl methyl sites for hydroxylation is 3. The Hall–Kier alpha value is -3.38. The van der Waals surface area contributed by atoms with Crippen LogP contribution in [-0.4, -0.2) is 27.3 Å². The average Bonchev–Trinajstić information content (AvgIpc) is 3.26. The SMILES string of the molecule is Cc1nc(-c2cccnc2)sc1-c1ccc2c(n1)C(=NOCCCc1ccccc1)CCC2. The summed E-state index contributed by atoms with van der Waals surface area (Å²) < 4.78 is 0. The van der Waals surface area contributed by atoms with Crippen molar-refractivity contribution in [2.75, 3.05) is 6.61 Å². The zero-order valence-electron chi connectivity index (χ0n) is 18.7. The number of pyridine rings is 2. The van der Waals surface area contributed by atoms with Gasteiger partial charge in [0.2, 0.25) is 0 Å². The molecule has 5 rings (SSSR count). The third-order valence-corrected chi connectivity index (χ3v) is 7.00. The predicted octanol–water partition coefficient (Wildman–Crippen LogP) is 6.27. The molecule has 0 atom stereocenters. The topological polar surface area (TPSA) is 60.3 Å². The lowest BCUT2D eigenvalue weighted by Crippen LogP contribution is -2.15. The molecule has 4 aromatic rings. The van der Waals surface area contributed by atoms with Crippen LogP contribution in [0.25, 0.3) is 21.1 Å². The second kappa shape index (κ2) is 10.0. The highest BCUT2D eigenvalue weighted by atomic mass is 32.1. The lowest BCUT2D eigenvalue weighted by Gasteiger charge is -2.17. The number of oxime groups is 1. The normalized spacial score (nSPS) is 14.3. The number of thiazole rings is 1. The maximum Gasteiger partial charge on any atom is 0.125 e. The molecule has 33 heavy (non-hydrogen) atoms. The van der Waals surface area contributed by atoms with Crippen molar-refractivity contribution in [1.29, 1.82) is 0 Å². The summed E-state index contributed by atoms with van der Waals surface area (Å²) in [5.74, 6) is 0. The Morgan fingerprint density at radius 2 is 1.91 bits per heavy atom. The smallest absolute Gasteiger partial charge is 0.125 e. The Bertz CT molecular complexity index is 1250. The molecular weight excluding hydrogens is 428 g/mol. The number of hydrogen-bond acceptors (Lipinski definition) is 6. The lowest BCUT2D eigenvalue weighted by atomic mass is 9.94. The summed E-state index contributed by atoms with van der Waals surface area (Å²) in [7, 11) is 0. The first kappa shape index (κ1) is 21.5. The first-order valence-electron chi connectivity index (χ1n) is 11.4. The van der Waals surface area contributed by atoms with Crippen LogP contribution in [0.4, 0.5) is 0 Å². The predicted molar refractivity (Wildman–Crippen MR) is 134 cm³/mol. The fourth-order valence-corrected chi connectivity index (χ4v) is 5.10. The van der Waals surface area contributed by atoms with Gasteiger partial charge in [0.05, 0.1) is 22.0 Å². The molecule has 3 heterocycles. The molecule has 0 fully saturated rings. The van der Waals surface area contributed by atoms with Crippen LogP contribution in [0.2, 0.25) is 0 Å². The quantitative estimate of drug-likeness (QED) is 0.244. The van der Waals surface area contributed by atoms with Crippen LogP contribution in [-0.2, 0) is 17.7 Å². The monoisotopic (exact) mass is 454 g/mol. The third kappa shape index (κ3) is 5.01. The summed E-state index contributed by atoms with van der Waals surface area (Å²) in [5.41, 5.74) is 7.45. The maximum absolute atomic E-state index is 5.71. The van der Waals surface area contributed by atoms with Crippen molar-refractivity contribution in [1.82, 2.24) is 15.0 Å². The number of aromatic nitrogens is 3. The van der Waals surface area contributed by atoms with Crippen LogP contribution in [0, 0.1) is 6.92 Å². The molecule has 0 unspecified atom stereocenters. The number of fused-ring (bicyclic) bond motifs is 1. The summed E-state index contributed by atoms with van der Waals surface area (Å²) in [6, 6.07) is 18.8. The fourth-order valence-electron chi connectivity index (χ4n) is 4.08. The highest BCUT2D eigenvalue weighted by Gasteiger charge is 2.20. The van der Waals surface area contributed by atoms with E-state index >= 15 is 0 Å². The van der Waals surface area contributed by atoms with Gasteiger partial charge in [0.25, 0.3) is 0 Å². The van der Waals surface area contributed by atoms with E-state index in [-0.39, 0.29) is 0 Å². The van der Waals surface area contributed by atoms with E-state index in [1.807, 2.05) is 31.3 Å². The molecule has 1 aliphatic rings. The van der Waals surface area contributed by atoms with E-state index in [0.29, 0.717) is 6.61 Å². The highest BCUT2D eigenvalue weighted by molar-refractivity contribution is 7.18. The van der Waals surface area contributed by atoms with Crippen LogP contribution >= 0.6 is 11.3 Å². The first-order chi connectivity index (χ1) is 16.3. The van der Waals surface area contributed by atoms with Gasteiger partial charge in [-0.1, -0.05) is 41.6 Å². The molecule has 0 saturated carbocycles. The lowest BCUT2D eigenvalue weighted by molar-refractivity contribution is 0.141. The molecule has 0 saturated heterocycles. The standard InChI is InChI=1S/C27H26N4OS/c1-19-26(33-27(29-19)22-12-6-16-28-18-22)24-15-14-21-11-5-13-23(25(21)30-24)31-32-17-7-10-20-8-3-2-4-9-20/h2-4,6,8-9,12,14-16,18H,5,7,10-11,13,17H2,1H3. The summed E-state index contributed by atoms with van der Waals surface area (Å²) in [4.78, 5) is 20.8. The van der Waals surface area contributed by atoms with Crippen LogP contribution in [0.15, 0.2) is 72.1 Å². The van der Waals surface area contributed by atoms with Gasteiger partial charge in [-0.05, 0) is 68.4 Å².